The lowest BCUT2D eigenvalue weighted by molar-refractivity contribution is 0.0927. The maximum atomic E-state index is 11.8. The molecule has 1 aromatic carbocycles. The number of rotatable bonds is 5. The molecule has 2 N–H and O–H groups in total. The highest BCUT2D eigenvalue weighted by Crippen LogP contribution is 2.10. The first-order valence-electron chi connectivity index (χ1n) is 6.39. The molecule has 0 atom stereocenters. The monoisotopic (exact) mass is 347 g/mol. The summed E-state index contributed by atoms with van der Waals surface area (Å²) in [5, 5.41) is 5.47. The number of hydrogen-bond donors (Lipinski definition) is 2. The molecule has 6 heteroatoms. The molecular formula is C15H14BrN3O2. The van der Waals surface area contributed by atoms with Crippen LogP contribution in [0.15, 0.2) is 53.3 Å². The third-order valence-corrected chi connectivity index (χ3v) is 3.27. The Hall–Kier alpha value is -2.21. The van der Waals surface area contributed by atoms with Gasteiger partial charge in [0.2, 0.25) is 0 Å². The number of benzene rings is 1. The minimum atomic E-state index is -0.185. The van der Waals surface area contributed by atoms with Crippen molar-refractivity contribution < 1.29 is 9.59 Å². The van der Waals surface area contributed by atoms with Crippen molar-refractivity contribution in [3.8, 4) is 0 Å². The molecule has 0 radical (unpaired) electrons. The molecule has 5 nitrogen and oxygen atoms in total. The van der Waals surface area contributed by atoms with Gasteiger partial charge in [0.05, 0.1) is 0 Å². The number of nitrogens with zero attached hydrogens (tertiary/aromatic N) is 1. The van der Waals surface area contributed by atoms with E-state index in [-0.39, 0.29) is 11.8 Å². The van der Waals surface area contributed by atoms with Crippen LogP contribution in [0.1, 0.15) is 20.7 Å². The van der Waals surface area contributed by atoms with Gasteiger partial charge in [0.15, 0.2) is 0 Å². The molecule has 0 fully saturated rings. The topological polar surface area (TPSA) is 71.1 Å². The summed E-state index contributed by atoms with van der Waals surface area (Å²) in [6.45, 7) is 0.731. The summed E-state index contributed by atoms with van der Waals surface area (Å²) in [4.78, 5) is 27.4. The van der Waals surface area contributed by atoms with Gasteiger partial charge in [-0.25, -0.2) is 0 Å². The number of carbonyl (C=O) groups is 2. The van der Waals surface area contributed by atoms with Crippen LogP contribution < -0.4 is 10.6 Å². The Morgan fingerprint density at radius 2 is 1.33 bits per heavy atom. The lowest BCUT2D eigenvalue weighted by atomic mass is 10.2. The van der Waals surface area contributed by atoms with Gasteiger partial charge in [-0.2, -0.15) is 0 Å². The number of nitrogens with one attached hydrogen (secondary N) is 2. The van der Waals surface area contributed by atoms with Crippen LogP contribution in [-0.2, 0) is 0 Å². The normalized spacial score (nSPS) is 9.95. The van der Waals surface area contributed by atoms with Crippen LogP contribution >= 0.6 is 15.9 Å². The SMILES string of the molecule is O=C(NCCNC(=O)c1ccc(Br)cc1)c1ccncc1. The molecule has 21 heavy (non-hydrogen) atoms. The van der Waals surface area contributed by atoms with E-state index in [2.05, 4.69) is 31.5 Å². The lowest BCUT2D eigenvalue weighted by Gasteiger charge is -2.07. The molecule has 108 valence electrons. The highest BCUT2D eigenvalue weighted by Gasteiger charge is 2.06. The lowest BCUT2D eigenvalue weighted by Crippen LogP contribution is -2.34. The van der Waals surface area contributed by atoms with E-state index < -0.39 is 0 Å². The molecule has 0 saturated heterocycles. The molecule has 0 spiro atoms. The van der Waals surface area contributed by atoms with E-state index in [0.717, 1.165) is 4.47 Å². The Morgan fingerprint density at radius 3 is 1.86 bits per heavy atom. The van der Waals surface area contributed by atoms with Gasteiger partial charge >= 0.3 is 0 Å². The molecule has 2 amide bonds. The van der Waals surface area contributed by atoms with Crippen molar-refractivity contribution in [2.24, 2.45) is 0 Å². The Morgan fingerprint density at radius 1 is 0.857 bits per heavy atom. The Bertz CT molecular complexity index is 615. The van der Waals surface area contributed by atoms with Gasteiger partial charge in [0.25, 0.3) is 11.8 Å². The van der Waals surface area contributed by atoms with Crippen molar-refractivity contribution in [1.82, 2.24) is 15.6 Å². The second-order valence-corrected chi connectivity index (χ2v) is 5.17. The molecule has 0 unspecified atom stereocenters. The highest BCUT2D eigenvalue weighted by atomic mass is 79.9. The summed E-state index contributed by atoms with van der Waals surface area (Å²) < 4.78 is 0.920. The van der Waals surface area contributed by atoms with E-state index in [1.165, 1.54) is 0 Å². The van der Waals surface area contributed by atoms with Crippen LogP contribution in [0, 0.1) is 0 Å². The molecule has 2 aromatic rings. The maximum absolute atomic E-state index is 11.8. The van der Waals surface area contributed by atoms with E-state index in [4.69, 9.17) is 0 Å². The van der Waals surface area contributed by atoms with Gasteiger partial charge in [-0.05, 0) is 36.4 Å². The standard InChI is InChI=1S/C15H14BrN3O2/c16-13-3-1-11(2-4-13)14(20)18-9-10-19-15(21)12-5-7-17-8-6-12/h1-8H,9-10H2,(H,18,20)(H,19,21). The van der Waals surface area contributed by atoms with Crippen LogP contribution in [-0.4, -0.2) is 29.9 Å². The fourth-order valence-electron chi connectivity index (χ4n) is 1.66. The van der Waals surface area contributed by atoms with E-state index in [1.807, 2.05) is 0 Å². The smallest absolute Gasteiger partial charge is 0.251 e. The van der Waals surface area contributed by atoms with E-state index in [0.29, 0.717) is 24.2 Å². The second kappa shape index (κ2) is 7.54. The molecule has 0 saturated carbocycles. The largest absolute Gasteiger partial charge is 0.350 e. The van der Waals surface area contributed by atoms with Gasteiger partial charge in [-0.1, -0.05) is 15.9 Å². The predicted octanol–water partition coefficient (Wildman–Crippen LogP) is 2.00. The molecule has 0 bridgehead atoms. The maximum Gasteiger partial charge on any atom is 0.251 e. The molecule has 0 aliphatic rings. The first-order chi connectivity index (χ1) is 10.2. The number of amides is 2. The Kier molecular flexibility index (Phi) is 5.45. The molecular weight excluding hydrogens is 334 g/mol. The average Bonchev–Trinajstić information content (AvgIpc) is 2.52. The number of halogens is 1. The fourth-order valence-corrected chi connectivity index (χ4v) is 1.93. The summed E-state index contributed by atoms with van der Waals surface area (Å²) >= 11 is 3.31. The van der Waals surface area contributed by atoms with Crippen LogP contribution in [0.3, 0.4) is 0 Å². The Balaban J connectivity index is 1.73. The third-order valence-electron chi connectivity index (χ3n) is 2.75. The molecule has 2 rings (SSSR count). The zero-order chi connectivity index (χ0) is 15.1. The molecule has 1 heterocycles. The van der Waals surface area contributed by atoms with Gasteiger partial charge in [-0.3, -0.25) is 14.6 Å². The predicted molar refractivity (Wildman–Crippen MR) is 83.0 cm³/mol. The Labute approximate surface area is 130 Å². The number of pyridine rings is 1. The van der Waals surface area contributed by atoms with Crippen LogP contribution in [0.25, 0.3) is 0 Å². The molecule has 1 aromatic heterocycles. The summed E-state index contributed by atoms with van der Waals surface area (Å²) in [6, 6.07) is 10.3. The van der Waals surface area contributed by atoms with E-state index in [9.17, 15) is 9.59 Å². The molecule has 0 aliphatic heterocycles. The van der Waals surface area contributed by atoms with Crippen molar-refractivity contribution in [3.05, 3.63) is 64.4 Å². The number of carbonyl (C=O) groups excluding carboxylic acids is 2. The third kappa shape index (κ3) is 4.68. The quantitative estimate of drug-likeness (QED) is 0.812. The molecule has 0 aliphatic carbocycles. The average molecular weight is 348 g/mol. The summed E-state index contributed by atoms with van der Waals surface area (Å²) in [7, 11) is 0. The first-order valence-corrected chi connectivity index (χ1v) is 7.18. The summed E-state index contributed by atoms with van der Waals surface area (Å²) in [5.74, 6) is -0.351. The highest BCUT2D eigenvalue weighted by molar-refractivity contribution is 9.10. The summed E-state index contributed by atoms with van der Waals surface area (Å²) in [6.07, 6.45) is 3.12. The minimum Gasteiger partial charge on any atom is -0.350 e. The van der Waals surface area contributed by atoms with Crippen molar-refractivity contribution in [2.75, 3.05) is 13.1 Å². The van der Waals surface area contributed by atoms with Crippen LogP contribution in [0.4, 0.5) is 0 Å². The van der Waals surface area contributed by atoms with E-state index >= 15 is 0 Å². The van der Waals surface area contributed by atoms with E-state index in [1.54, 1.807) is 48.8 Å². The van der Waals surface area contributed by atoms with Gasteiger partial charge < -0.3 is 10.6 Å². The second-order valence-electron chi connectivity index (χ2n) is 4.25. The van der Waals surface area contributed by atoms with Crippen LogP contribution in [0.5, 0.6) is 0 Å². The summed E-state index contributed by atoms with van der Waals surface area (Å²) in [5.41, 5.74) is 1.13. The minimum absolute atomic E-state index is 0.166. The number of aromatic nitrogens is 1. The fraction of sp³-hybridized carbons (Fsp3) is 0.133. The van der Waals surface area contributed by atoms with Crippen molar-refractivity contribution in [1.29, 1.82) is 0 Å². The van der Waals surface area contributed by atoms with Gasteiger partial charge in [0, 0.05) is 41.1 Å². The van der Waals surface area contributed by atoms with Gasteiger partial charge in [0.1, 0.15) is 0 Å². The number of hydrogen-bond acceptors (Lipinski definition) is 3. The van der Waals surface area contributed by atoms with Gasteiger partial charge in [-0.15, -0.1) is 0 Å². The van der Waals surface area contributed by atoms with Crippen LogP contribution in [0.2, 0.25) is 0 Å². The van der Waals surface area contributed by atoms with Crippen molar-refractivity contribution >= 4 is 27.7 Å². The zero-order valence-electron chi connectivity index (χ0n) is 11.2. The first kappa shape index (κ1) is 15.2. The van der Waals surface area contributed by atoms with Crippen molar-refractivity contribution in [3.63, 3.8) is 0 Å². The zero-order valence-corrected chi connectivity index (χ0v) is 12.8. The van der Waals surface area contributed by atoms with Crippen molar-refractivity contribution in [2.45, 2.75) is 0 Å².